The summed E-state index contributed by atoms with van der Waals surface area (Å²) in [6.07, 6.45) is 3.15. The molecule has 5 heteroatoms. The van der Waals surface area contributed by atoms with E-state index in [9.17, 15) is 0 Å². The summed E-state index contributed by atoms with van der Waals surface area (Å²) in [5.41, 5.74) is 8.71. The van der Waals surface area contributed by atoms with E-state index in [1.165, 1.54) is 0 Å². The molecule has 0 spiro atoms. The highest BCUT2D eigenvalue weighted by atomic mass is 35.5. The van der Waals surface area contributed by atoms with E-state index in [-0.39, 0.29) is 5.88 Å². The maximum atomic E-state index is 6.17. The predicted octanol–water partition coefficient (Wildman–Crippen LogP) is 3.84. The quantitative estimate of drug-likeness (QED) is 0.760. The fourth-order valence-electron chi connectivity index (χ4n) is 1.82. The first-order valence-electron chi connectivity index (χ1n) is 5.30. The van der Waals surface area contributed by atoms with Crippen LogP contribution in [0.5, 0.6) is 0 Å². The summed E-state index contributed by atoms with van der Waals surface area (Å²) in [7, 11) is 0. The summed E-state index contributed by atoms with van der Waals surface area (Å²) in [4.78, 5) is 0. The van der Waals surface area contributed by atoms with Gasteiger partial charge in [-0.15, -0.1) is 0 Å². The lowest BCUT2D eigenvalue weighted by Crippen LogP contribution is -1.87. The number of benzene rings is 1. The van der Waals surface area contributed by atoms with Gasteiger partial charge in [0.1, 0.15) is 5.69 Å². The van der Waals surface area contributed by atoms with E-state index in [2.05, 4.69) is 5.16 Å². The van der Waals surface area contributed by atoms with Crippen molar-refractivity contribution in [3.8, 4) is 22.4 Å². The third-order valence-electron chi connectivity index (χ3n) is 2.66. The molecule has 2 heterocycles. The summed E-state index contributed by atoms with van der Waals surface area (Å²) in [5, 5.41) is 4.55. The van der Waals surface area contributed by atoms with Crippen molar-refractivity contribution in [3.05, 3.63) is 47.9 Å². The zero-order valence-electron chi connectivity index (χ0n) is 9.26. The molecule has 90 valence electrons. The summed E-state index contributed by atoms with van der Waals surface area (Å²) in [6.45, 7) is 0. The molecule has 3 aromatic rings. The van der Waals surface area contributed by atoms with Crippen molar-refractivity contribution in [1.29, 1.82) is 0 Å². The molecule has 0 aliphatic carbocycles. The topological polar surface area (TPSA) is 65.2 Å². The molecule has 18 heavy (non-hydrogen) atoms. The van der Waals surface area contributed by atoms with Gasteiger partial charge in [0.25, 0.3) is 0 Å². The molecule has 2 N–H and O–H groups in total. The van der Waals surface area contributed by atoms with E-state index >= 15 is 0 Å². The molecule has 0 unspecified atom stereocenters. The van der Waals surface area contributed by atoms with Crippen molar-refractivity contribution >= 4 is 17.5 Å². The number of nitrogens with zero attached hydrogens (tertiary/aromatic N) is 1. The first kappa shape index (κ1) is 10.9. The van der Waals surface area contributed by atoms with Crippen molar-refractivity contribution < 1.29 is 8.94 Å². The van der Waals surface area contributed by atoms with Gasteiger partial charge in [-0.05, 0) is 12.1 Å². The lowest BCUT2D eigenvalue weighted by molar-refractivity contribution is 0.439. The van der Waals surface area contributed by atoms with Crippen molar-refractivity contribution in [2.45, 2.75) is 0 Å². The van der Waals surface area contributed by atoms with Gasteiger partial charge in [0.15, 0.2) is 0 Å². The van der Waals surface area contributed by atoms with Crippen LogP contribution in [-0.4, -0.2) is 5.16 Å². The molecule has 0 saturated carbocycles. The number of anilines is 1. The molecule has 0 aliphatic rings. The molecule has 4 nitrogen and oxygen atoms in total. The minimum absolute atomic E-state index is 0.235. The summed E-state index contributed by atoms with van der Waals surface area (Å²) < 4.78 is 10.1. The Labute approximate surface area is 108 Å². The maximum Gasteiger partial charge on any atom is 0.230 e. The van der Waals surface area contributed by atoms with E-state index < -0.39 is 0 Å². The molecule has 0 radical (unpaired) electrons. The van der Waals surface area contributed by atoms with Gasteiger partial charge >= 0.3 is 0 Å². The number of nitrogens with two attached hydrogens (primary N) is 1. The molecule has 2 aromatic heterocycles. The van der Waals surface area contributed by atoms with E-state index in [4.69, 9.17) is 26.3 Å². The van der Waals surface area contributed by atoms with Gasteiger partial charge in [0.2, 0.25) is 5.88 Å². The van der Waals surface area contributed by atoms with Gasteiger partial charge in [-0.1, -0.05) is 35.0 Å². The van der Waals surface area contributed by atoms with Crippen LogP contribution in [0.25, 0.3) is 22.4 Å². The number of halogens is 1. The Morgan fingerprint density at radius 3 is 2.72 bits per heavy atom. The molecular weight excluding hydrogens is 252 g/mol. The number of hydrogen-bond donors (Lipinski definition) is 1. The Morgan fingerprint density at radius 2 is 2.00 bits per heavy atom. The van der Waals surface area contributed by atoms with E-state index in [1.807, 2.05) is 18.2 Å². The minimum atomic E-state index is 0.235. The first-order chi connectivity index (χ1) is 8.77. The molecule has 1 aromatic carbocycles. The third kappa shape index (κ3) is 1.67. The zero-order valence-corrected chi connectivity index (χ0v) is 10.0. The molecule has 3 rings (SSSR count). The highest BCUT2D eigenvalue weighted by molar-refractivity contribution is 6.33. The molecule has 0 aliphatic heterocycles. The predicted molar refractivity (Wildman–Crippen MR) is 69.1 cm³/mol. The number of furan rings is 1. The second kappa shape index (κ2) is 4.23. The fraction of sp³-hybridized carbons (Fsp3) is 0. The molecule has 0 amide bonds. The van der Waals surface area contributed by atoms with Crippen LogP contribution >= 0.6 is 11.6 Å². The number of aromatic nitrogens is 1. The molecule has 0 saturated heterocycles. The van der Waals surface area contributed by atoms with Gasteiger partial charge < -0.3 is 14.7 Å². The third-order valence-corrected chi connectivity index (χ3v) is 2.99. The molecule has 0 fully saturated rings. The number of rotatable bonds is 2. The molecule has 0 bridgehead atoms. The van der Waals surface area contributed by atoms with Crippen LogP contribution in [0.1, 0.15) is 0 Å². The average Bonchev–Trinajstić information content (AvgIpc) is 2.99. The summed E-state index contributed by atoms with van der Waals surface area (Å²) in [5.74, 6) is 0.235. The second-order valence-corrected chi connectivity index (χ2v) is 4.17. The van der Waals surface area contributed by atoms with Crippen LogP contribution in [-0.2, 0) is 0 Å². The van der Waals surface area contributed by atoms with Gasteiger partial charge in [-0.25, -0.2) is 0 Å². The van der Waals surface area contributed by atoms with Gasteiger partial charge in [-0.3, -0.25) is 0 Å². The van der Waals surface area contributed by atoms with Crippen LogP contribution < -0.4 is 5.73 Å². The van der Waals surface area contributed by atoms with Crippen LogP contribution in [0, 0.1) is 0 Å². The second-order valence-electron chi connectivity index (χ2n) is 3.76. The van der Waals surface area contributed by atoms with Gasteiger partial charge in [0, 0.05) is 16.1 Å². The largest absolute Gasteiger partial charge is 0.472 e. The Bertz CT molecular complexity index is 674. The van der Waals surface area contributed by atoms with Crippen molar-refractivity contribution in [1.82, 2.24) is 5.16 Å². The smallest absolute Gasteiger partial charge is 0.230 e. The fourth-order valence-corrected chi connectivity index (χ4v) is 2.05. The highest BCUT2D eigenvalue weighted by Gasteiger charge is 2.19. The van der Waals surface area contributed by atoms with Crippen molar-refractivity contribution in [2.24, 2.45) is 0 Å². The van der Waals surface area contributed by atoms with E-state index in [0.717, 1.165) is 11.1 Å². The van der Waals surface area contributed by atoms with Gasteiger partial charge in [-0.2, -0.15) is 0 Å². The number of nitrogen functional groups attached to an aromatic ring is 1. The monoisotopic (exact) mass is 260 g/mol. The Hall–Kier alpha value is -2.20. The lowest BCUT2D eigenvalue weighted by atomic mass is 10.0. The minimum Gasteiger partial charge on any atom is -0.472 e. The molecular formula is C13H9ClN2O2. The normalized spacial score (nSPS) is 10.7. The van der Waals surface area contributed by atoms with Crippen molar-refractivity contribution in [3.63, 3.8) is 0 Å². The van der Waals surface area contributed by atoms with Crippen molar-refractivity contribution in [2.75, 3.05) is 5.73 Å². The van der Waals surface area contributed by atoms with Crippen LogP contribution in [0.2, 0.25) is 5.02 Å². The standard InChI is InChI=1S/C13H9ClN2O2/c14-10-4-2-1-3-9(10)11-12(16-18-13(11)15)8-5-6-17-7-8/h1-7H,15H2. The maximum absolute atomic E-state index is 6.17. The summed E-state index contributed by atoms with van der Waals surface area (Å²) >= 11 is 6.17. The van der Waals surface area contributed by atoms with Crippen LogP contribution in [0.3, 0.4) is 0 Å². The van der Waals surface area contributed by atoms with E-state index in [1.54, 1.807) is 24.7 Å². The van der Waals surface area contributed by atoms with E-state index in [0.29, 0.717) is 16.3 Å². The number of hydrogen-bond acceptors (Lipinski definition) is 4. The zero-order chi connectivity index (χ0) is 12.5. The van der Waals surface area contributed by atoms with Crippen LogP contribution in [0.15, 0.2) is 51.8 Å². The SMILES string of the molecule is Nc1onc(-c2ccoc2)c1-c1ccccc1Cl. The van der Waals surface area contributed by atoms with Gasteiger partial charge in [0.05, 0.1) is 18.1 Å². The Balaban J connectivity index is 2.24. The lowest BCUT2D eigenvalue weighted by Gasteiger charge is -2.03. The van der Waals surface area contributed by atoms with Crippen LogP contribution in [0.4, 0.5) is 5.88 Å². The average molecular weight is 261 g/mol. The first-order valence-corrected chi connectivity index (χ1v) is 5.68. The Kier molecular flexibility index (Phi) is 2.57. The molecule has 0 atom stereocenters. The Morgan fingerprint density at radius 1 is 1.17 bits per heavy atom. The summed E-state index contributed by atoms with van der Waals surface area (Å²) in [6, 6.07) is 9.19. The highest BCUT2D eigenvalue weighted by Crippen LogP contribution is 2.39.